The molecule has 3 aromatic rings. The highest BCUT2D eigenvalue weighted by Crippen LogP contribution is 2.39. The highest BCUT2D eigenvalue weighted by Gasteiger charge is 2.38. The first kappa shape index (κ1) is 25.0. The smallest absolute Gasteiger partial charge is 0.309 e. The maximum Gasteiger partial charge on any atom is 0.309 e. The van der Waals surface area contributed by atoms with Gasteiger partial charge in [0, 0.05) is 17.1 Å². The van der Waals surface area contributed by atoms with E-state index >= 15 is 0 Å². The Bertz CT molecular complexity index is 1110. The van der Waals surface area contributed by atoms with Crippen molar-refractivity contribution in [2.75, 3.05) is 12.0 Å². The second-order valence-corrected chi connectivity index (χ2v) is 9.03. The van der Waals surface area contributed by atoms with Gasteiger partial charge in [0.05, 0.1) is 18.9 Å². The molecule has 3 aromatic carbocycles. The lowest BCUT2D eigenvalue weighted by atomic mass is 9.75. The molecule has 1 N–H and O–H groups in total. The first-order chi connectivity index (χ1) is 16.3. The summed E-state index contributed by atoms with van der Waals surface area (Å²) < 4.78 is 4.74. The molecule has 5 nitrogen and oxygen atoms in total. The van der Waals surface area contributed by atoms with Gasteiger partial charge in [-0.1, -0.05) is 49.4 Å². The van der Waals surface area contributed by atoms with Crippen molar-refractivity contribution in [3.05, 3.63) is 90.0 Å². The van der Waals surface area contributed by atoms with E-state index < -0.39 is 17.4 Å². The molecule has 2 unspecified atom stereocenters. The fraction of sp³-hybridized carbons (Fsp3) is 0.310. The molecule has 178 valence electrons. The van der Waals surface area contributed by atoms with Crippen molar-refractivity contribution in [1.82, 2.24) is 0 Å². The Morgan fingerprint density at radius 3 is 2.12 bits per heavy atom. The van der Waals surface area contributed by atoms with Crippen molar-refractivity contribution in [3.8, 4) is 0 Å². The Labute approximate surface area is 202 Å². The Morgan fingerprint density at radius 1 is 0.941 bits per heavy atom. The van der Waals surface area contributed by atoms with Crippen molar-refractivity contribution >= 4 is 29.0 Å². The Balaban J connectivity index is 1.93. The van der Waals surface area contributed by atoms with Crippen molar-refractivity contribution < 1.29 is 19.4 Å². The summed E-state index contributed by atoms with van der Waals surface area (Å²) in [6.45, 7) is 5.75. The van der Waals surface area contributed by atoms with Crippen LogP contribution in [0.25, 0.3) is 0 Å². The zero-order valence-corrected chi connectivity index (χ0v) is 20.3. The van der Waals surface area contributed by atoms with Gasteiger partial charge in [0.15, 0.2) is 0 Å². The molecule has 5 heteroatoms. The van der Waals surface area contributed by atoms with Gasteiger partial charge in [0.25, 0.3) is 0 Å². The summed E-state index contributed by atoms with van der Waals surface area (Å²) in [5, 5.41) is 9.85. The van der Waals surface area contributed by atoms with Crippen LogP contribution in [0.3, 0.4) is 0 Å². The lowest BCUT2D eigenvalue weighted by molar-refractivity contribution is -0.156. The van der Waals surface area contributed by atoms with Gasteiger partial charge in [-0.05, 0) is 80.1 Å². The highest BCUT2D eigenvalue weighted by molar-refractivity contribution is 5.82. The number of nitrogens with zero attached hydrogens (tertiary/aromatic N) is 1. The fourth-order valence-corrected chi connectivity index (χ4v) is 4.35. The van der Waals surface area contributed by atoms with Gasteiger partial charge in [-0.15, -0.1) is 0 Å². The Kier molecular flexibility index (Phi) is 8.11. The highest BCUT2D eigenvalue weighted by atomic mass is 16.5. The molecule has 0 radical (unpaired) electrons. The lowest BCUT2D eigenvalue weighted by Gasteiger charge is -2.29. The number of benzene rings is 3. The third-order valence-electron chi connectivity index (χ3n) is 6.37. The average Bonchev–Trinajstić information content (AvgIpc) is 2.84. The number of aryl methyl sites for hydroxylation is 1. The summed E-state index contributed by atoms with van der Waals surface area (Å²) in [5.74, 6) is -1.49. The molecule has 0 bridgehead atoms. The minimum Gasteiger partial charge on any atom is -0.481 e. The molecule has 0 fully saturated rings. The van der Waals surface area contributed by atoms with Gasteiger partial charge in [-0.3, -0.25) is 9.59 Å². The number of anilines is 3. The molecule has 0 aliphatic rings. The maximum atomic E-state index is 12.0. The molecular weight excluding hydrogens is 426 g/mol. The van der Waals surface area contributed by atoms with Crippen LogP contribution < -0.4 is 4.90 Å². The summed E-state index contributed by atoms with van der Waals surface area (Å²) in [6.07, 6.45) is 0.972. The van der Waals surface area contributed by atoms with Crippen LogP contribution in [0.4, 0.5) is 17.1 Å². The number of carbonyl (C=O) groups is 2. The standard InChI is InChI=1S/C29H33NO4/c1-5-22(19-29(3,28(32)33)20-27(31)34-4)23-14-16-25(17-15-23)30(24-11-7-6-8-12-24)26-13-9-10-21(2)18-26/h6-18,22H,5,19-20H2,1-4H3,(H,32,33). The second-order valence-electron chi connectivity index (χ2n) is 9.03. The van der Waals surface area contributed by atoms with E-state index in [0.717, 1.165) is 29.0 Å². The molecular formula is C29H33NO4. The molecule has 3 rings (SSSR count). The number of carboxylic acid groups (broad SMARTS) is 1. The van der Waals surface area contributed by atoms with Gasteiger partial charge < -0.3 is 14.7 Å². The van der Waals surface area contributed by atoms with E-state index in [0.29, 0.717) is 6.42 Å². The zero-order valence-electron chi connectivity index (χ0n) is 20.3. The van der Waals surface area contributed by atoms with E-state index in [2.05, 4.69) is 72.5 Å². The first-order valence-corrected chi connectivity index (χ1v) is 11.6. The molecule has 34 heavy (non-hydrogen) atoms. The van der Waals surface area contributed by atoms with Crippen LogP contribution in [0.15, 0.2) is 78.9 Å². The normalized spacial score (nSPS) is 13.5. The molecule has 0 aliphatic heterocycles. The number of ether oxygens (including phenoxy) is 1. The topological polar surface area (TPSA) is 66.8 Å². The summed E-state index contributed by atoms with van der Waals surface area (Å²) in [6, 6.07) is 26.9. The third-order valence-corrected chi connectivity index (χ3v) is 6.37. The number of carbonyl (C=O) groups excluding carboxylic acids is 1. The Morgan fingerprint density at radius 2 is 1.56 bits per heavy atom. The van der Waals surface area contributed by atoms with E-state index in [-0.39, 0.29) is 12.3 Å². The van der Waals surface area contributed by atoms with Crippen LogP contribution in [0.1, 0.15) is 50.2 Å². The average molecular weight is 460 g/mol. The Hall–Kier alpha value is -3.60. The largest absolute Gasteiger partial charge is 0.481 e. The van der Waals surface area contributed by atoms with Crippen LogP contribution in [0.5, 0.6) is 0 Å². The zero-order chi connectivity index (χ0) is 24.7. The van der Waals surface area contributed by atoms with Crippen LogP contribution in [-0.4, -0.2) is 24.2 Å². The molecule has 0 amide bonds. The number of para-hydroxylation sites is 1. The summed E-state index contributed by atoms with van der Waals surface area (Å²) in [5.41, 5.74) is 4.20. The van der Waals surface area contributed by atoms with Crippen molar-refractivity contribution in [2.24, 2.45) is 5.41 Å². The summed E-state index contributed by atoms with van der Waals surface area (Å²) >= 11 is 0. The third kappa shape index (κ3) is 5.84. The van der Waals surface area contributed by atoms with Crippen LogP contribution in [0, 0.1) is 12.3 Å². The van der Waals surface area contributed by atoms with Gasteiger partial charge >= 0.3 is 11.9 Å². The van der Waals surface area contributed by atoms with Gasteiger partial charge in [-0.25, -0.2) is 0 Å². The van der Waals surface area contributed by atoms with Crippen LogP contribution in [-0.2, 0) is 14.3 Å². The number of carboxylic acids is 1. The SMILES string of the molecule is CCC(CC(C)(CC(=O)OC)C(=O)O)c1ccc(N(c2ccccc2)c2cccc(C)c2)cc1. The fourth-order valence-electron chi connectivity index (χ4n) is 4.35. The minimum atomic E-state index is -1.19. The second kappa shape index (κ2) is 11.0. The molecule has 0 aliphatic carbocycles. The van der Waals surface area contributed by atoms with Crippen molar-refractivity contribution in [1.29, 1.82) is 0 Å². The predicted octanol–water partition coefficient (Wildman–Crippen LogP) is 7.00. The van der Waals surface area contributed by atoms with Gasteiger partial charge in [0.2, 0.25) is 0 Å². The van der Waals surface area contributed by atoms with E-state index in [1.807, 2.05) is 25.1 Å². The van der Waals surface area contributed by atoms with Crippen molar-refractivity contribution in [2.45, 2.75) is 46.0 Å². The first-order valence-electron chi connectivity index (χ1n) is 11.6. The molecule has 0 aromatic heterocycles. The number of methoxy groups -OCH3 is 1. The van der Waals surface area contributed by atoms with Gasteiger partial charge in [-0.2, -0.15) is 0 Å². The number of hydrogen-bond donors (Lipinski definition) is 1. The van der Waals surface area contributed by atoms with Crippen LogP contribution >= 0.6 is 0 Å². The maximum absolute atomic E-state index is 12.0. The number of esters is 1. The minimum absolute atomic E-state index is 0.00366. The summed E-state index contributed by atoms with van der Waals surface area (Å²) in [4.78, 5) is 26.1. The molecule has 0 spiro atoms. The van der Waals surface area contributed by atoms with Crippen LogP contribution in [0.2, 0.25) is 0 Å². The molecule has 0 saturated heterocycles. The number of hydrogen-bond acceptors (Lipinski definition) is 4. The van der Waals surface area contributed by atoms with E-state index in [9.17, 15) is 14.7 Å². The van der Waals surface area contributed by atoms with E-state index in [1.54, 1.807) is 6.92 Å². The quantitative estimate of drug-likeness (QED) is 0.331. The number of rotatable bonds is 10. The molecule has 2 atom stereocenters. The van der Waals surface area contributed by atoms with Gasteiger partial charge in [0.1, 0.15) is 0 Å². The van der Waals surface area contributed by atoms with Crippen molar-refractivity contribution in [3.63, 3.8) is 0 Å². The van der Waals surface area contributed by atoms with E-state index in [1.165, 1.54) is 12.7 Å². The monoisotopic (exact) mass is 459 g/mol. The molecule has 0 saturated carbocycles. The lowest BCUT2D eigenvalue weighted by Crippen LogP contribution is -2.32. The molecule has 0 heterocycles. The van der Waals surface area contributed by atoms with E-state index in [4.69, 9.17) is 4.74 Å². The number of aliphatic carboxylic acids is 1. The predicted molar refractivity (Wildman–Crippen MR) is 136 cm³/mol. The summed E-state index contributed by atoms with van der Waals surface area (Å²) in [7, 11) is 1.29.